The lowest BCUT2D eigenvalue weighted by Gasteiger charge is -2.36. The number of benzene rings is 2. The number of halogens is 1. The first-order valence-electron chi connectivity index (χ1n) is 9.63. The molecular formula is C22H20FN5O2. The highest BCUT2D eigenvalue weighted by Gasteiger charge is 2.31. The number of ether oxygens (including phenoxy) is 1. The maximum atomic E-state index is 13.9. The molecule has 0 radical (unpaired) electrons. The number of fused-ring (bicyclic) bond motifs is 4. The van der Waals surface area contributed by atoms with Crippen molar-refractivity contribution in [2.24, 2.45) is 0 Å². The molecule has 2 N–H and O–H groups in total. The first-order chi connectivity index (χ1) is 14.4. The third-order valence-corrected chi connectivity index (χ3v) is 5.76. The summed E-state index contributed by atoms with van der Waals surface area (Å²) >= 11 is 0. The Hall–Kier alpha value is -3.52. The minimum Gasteiger partial charge on any atom is -0.382 e. The molecular weight excluding hydrogens is 385 g/mol. The molecule has 152 valence electrons. The first-order valence-corrected chi connectivity index (χ1v) is 9.63. The van der Waals surface area contributed by atoms with Crippen molar-refractivity contribution in [3.63, 3.8) is 0 Å². The van der Waals surface area contributed by atoms with Crippen molar-refractivity contribution in [1.29, 1.82) is 0 Å². The molecule has 1 aliphatic heterocycles. The Kier molecular flexibility index (Phi) is 4.18. The topological polar surface area (TPSA) is 85.8 Å². The molecule has 0 aliphatic carbocycles. The molecule has 0 fully saturated rings. The van der Waals surface area contributed by atoms with Crippen LogP contribution >= 0.6 is 0 Å². The number of imidazole rings is 1. The van der Waals surface area contributed by atoms with Gasteiger partial charge in [-0.1, -0.05) is 6.07 Å². The summed E-state index contributed by atoms with van der Waals surface area (Å²) in [6.07, 6.45) is 3.13. The van der Waals surface area contributed by atoms with Crippen LogP contribution in [0.5, 0.6) is 0 Å². The fourth-order valence-corrected chi connectivity index (χ4v) is 4.09. The van der Waals surface area contributed by atoms with Gasteiger partial charge in [0.15, 0.2) is 0 Å². The van der Waals surface area contributed by atoms with Gasteiger partial charge >= 0.3 is 0 Å². The van der Waals surface area contributed by atoms with Crippen molar-refractivity contribution in [3.8, 4) is 0 Å². The molecule has 7 nitrogen and oxygen atoms in total. The SMILES string of the molecule is CC1OC[C@@H](N(C)C(=O)c2ccc3nc(N)c4cncn4c3c2)c2cc(F)ccc21. The number of hydrogen-bond donors (Lipinski definition) is 1. The number of nitrogen functional groups attached to an aromatic ring is 1. The van der Waals surface area contributed by atoms with E-state index < -0.39 is 0 Å². The van der Waals surface area contributed by atoms with Gasteiger partial charge in [-0.05, 0) is 48.4 Å². The second kappa shape index (κ2) is 6.77. The summed E-state index contributed by atoms with van der Waals surface area (Å²) < 4.78 is 21.6. The van der Waals surface area contributed by atoms with Gasteiger partial charge in [0.25, 0.3) is 5.91 Å². The summed E-state index contributed by atoms with van der Waals surface area (Å²) in [4.78, 5) is 23.4. The van der Waals surface area contributed by atoms with Gasteiger partial charge in [0.05, 0.1) is 42.3 Å². The summed E-state index contributed by atoms with van der Waals surface area (Å²) in [5.74, 6) is -0.144. The smallest absolute Gasteiger partial charge is 0.254 e. The zero-order valence-electron chi connectivity index (χ0n) is 16.5. The molecule has 0 spiro atoms. The van der Waals surface area contributed by atoms with Gasteiger partial charge in [0.2, 0.25) is 0 Å². The minimum absolute atomic E-state index is 0.146. The monoisotopic (exact) mass is 405 g/mol. The highest BCUT2D eigenvalue weighted by Crippen LogP contribution is 2.36. The van der Waals surface area contributed by atoms with Gasteiger partial charge in [0, 0.05) is 12.6 Å². The molecule has 1 unspecified atom stereocenters. The number of anilines is 1. The molecule has 4 aromatic rings. The van der Waals surface area contributed by atoms with Crippen LogP contribution < -0.4 is 5.73 Å². The van der Waals surface area contributed by atoms with Crippen LogP contribution in [0.2, 0.25) is 0 Å². The van der Waals surface area contributed by atoms with E-state index in [0.29, 0.717) is 29.0 Å². The maximum absolute atomic E-state index is 13.9. The lowest BCUT2D eigenvalue weighted by Crippen LogP contribution is -2.37. The summed E-state index contributed by atoms with van der Waals surface area (Å²) in [5, 5.41) is 0. The lowest BCUT2D eigenvalue weighted by molar-refractivity contribution is 0.00478. The molecule has 0 saturated carbocycles. The zero-order chi connectivity index (χ0) is 21.0. The van der Waals surface area contributed by atoms with E-state index in [2.05, 4.69) is 9.97 Å². The number of aromatic nitrogens is 3. The predicted octanol–water partition coefficient (Wildman–Crippen LogP) is 3.51. The normalized spacial score (nSPS) is 18.5. The van der Waals surface area contributed by atoms with Crippen LogP contribution in [0.4, 0.5) is 10.2 Å². The lowest BCUT2D eigenvalue weighted by atomic mass is 9.93. The summed E-state index contributed by atoms with van der Waals surface area (Å²) in [6.45, 7) is 2.23. The number of nitrogens with zero attached hydrogens (tertiary/aromatic N) is 4. The number of carbonyl (C=O) groups is 1. The molecule has 5 rings (SSSR count). The molecule has 2 atom stereocenters. The van der Waals surface area contributed by atoms with Crippen LogP contribution in [0.1, 0.15) is 40.6 Å². The quantitative estimate of drug-likeness (QED) is 0.552. The van der Waals surface area contributed by atoms with Crippen LogP contribution in [-0.4, -0.2) is 38.8 Å². The van der Waals surface area contributed by atoms with Crippen molar-refractivity contribution < 1.29 is 13.9 Å². The van der Waals surface area contributed by atoms with Crippen molar-refractivity contribution in [2.45, 2.75) is 19.1 Å². The Morgan fingerprint density at radius 1 is 1.23 bits per heavy atom. The van der Waals surface area contributed by atoms with Gasteiger partial charge < -0.3 is 15.4 Å². The molecule has 30 heavy (non-hydrogen) atoms. The summed E-state index contributed by atoms with van der Waals surface area (Å²) in [5.41, 5.74) is 10.2. The number of nitrogens with two attached hydrogens (primary N) is 1. The van der Waals surface area contributed by atoms with Crippen LogP contribution in [0.3, 0.4) is 0 Å². The van der Waals surface area contributed by atoms with Crippen LogP contribution in [0.15, 0.2) is 48.9 Å². The average molecular weight is 405 g/mol. The Balaban J connectivity index is 1.55. The fourth-order valence-electron chi connectivity index (χ4n) is 4.09. The fraction of sp³-hybridized carbons (Fsp3) is 0.227. The highest BCUT2D eigenvalue weighted by atomic mass is 19.1. The van der Waals surface area contributed by atoms with E-state index in [1.54, 1.807) is 48.7 Å². The third-order valence-electron chi connectivity index (χ3n) is 5.76. The van der Waals surface area contributed by atoms with Gasteiger partial charge in [-0.2, -0.15) is 0 Å². The van der Waals surface area contributed by atoms with E-state index in [1.165, 1.54) is 12.1 Å². The second-order valence-electron chi connectivity index (χ2n) is 7.53. The molecule has 1 aliphatic rings. The Morgan fingerprint density at radius 3 is 2.90 bits per heavy atom. The Bertz CT molecular complexity index is 1300. The second-order valence-corrected chi connectivity index (χ2v) is 7.53. The van der Waals surface area contributed by atoms with Crippen LogP contribution in [0, 0.1) is 5.82 Å². The summed E-state index contributed by atoms with van der Waals surface area (Å²) in [7, 11) is 1.71. The molecule has 0 saturated heterocycles. The number of carbonyl (C=O) groups excluding carboxylic acids is 1. The minimum atomic E-state index is -0.382. The van der Waals surface area contributed by atoms with Crippen molar-refractivity contribution in [1.82, 2.24) is 19.3 Å². The highest BCUT2D eigenvalue weighted by molar-refractivity contribution is 5.98. The summed E-state index contributed by atoms with van der Waals surface area (Å²) in [6, 6.07) is 9.50. The van der Waals surface area contributed by atoms with E-state index in [9.17, 15) is 9.18 Å². The van der Waals surface area contributed by atoms with Crippen molar-refractivity contribution in [3.05, 3.63) is 71.4 Å². The van der Waals surface area contributed by atoms with Crippen molar-refractivity contribution >= 4 is 28.3 Å². The number of likely N-dealkylation sites (N-methyl/N-ethyl adjacent to an activating group) is 1. The average Bonchev–Trinajstić information content (AvgIpc) is 3.24. The first kappa shape index (κ1) is 18.5. The molecule has 2 aromatic carbocycles. The van der Waals surface area contributed by atoms with Gasteiger partial charge in [-0.15, -0.1) is 0 Å². The number of rotatable bonds is 2. The molecule has 1 amide bonds. The maximum Gasteiger partial charge on any atom is 0.254 e. The molecule has 3 heterocycles. The van der Waals surface area contributed by atoms with E-state index in [0.717, 1.165) is 16.6 Å². The van der Waals surface area contributed by atoms with Gasteiger partial charge in [0.1, 0.15) is 17.2 Å². The van der Waals surface area contributed by atoms with E-state index in [4.69, 9.17) is 10.5 Å². The van der Waals surface area contributed by atoms with Gasteiger partial charge in [-0.25, -0.2) is 14.4 Å². The Morgan fingerprint density at radius 2 is 2.07 bits per heavy atom. The zero-order valence-corrected chi connectivity index (χ0v) is 16.5. The number of amides is 1. The third kappa shape index (κ3) is 2.80. The van der Waals surface area contributed by atoms with Crippen LogP contribution in [-0.2, 0) is 4.74 Å². The van der Waals surface area contributed by atoms with Gasteiger partial charge in [-0.3, -0.25) is 9.20 Å². The molecule has 0 bridgehead atoms. The number of hydrogen-bond acceptors (Lipinski definition) is 5. The largest absolute Gasteiger partial charge is 0.382 e. The van der Waals surface area contributed by atoms with Crippen LogP contribution in [0.25, 0.3) is 16.6 Å². The van der Waals surface area contributed by atoms with E-state index >= 15 is 0 Å². The van der Waals surface area contributed by atoms with Crippen molar-refractivity contribution in [2.75, 3.05) is 19.4 Å². The molecule has 2 aromatic heterocycles. The Labute approximate surface area is 171 Å². The van der Waals surface area contributed by atoms with E-state index in [-0.39, 0.29) is 23.9 Å². The van der Waals surface area contributed by atoms with E-state index in [1.807, 2.05) is 11.3 Å². The predicted molar refractivity (Wildman–Crippen MR) is 111 cm³/mol. The molecule has 8 heteroatoms. The standard InChI is InChI=1S/C22H20FN5O2/c1-12-15-5-4-14(23)8-16(15)20(10-30-12)27(2)22(29)13-3-6-17-18(7-13)28-11-25-9-19(28)21(24)26-17/h3-9,11-12,20H,10H2,1-2H3,(H2,24,26)/t12?,20-/m1/s1.